The van der Waals surface area contributed by atoms with E-state index in [0.717, 1.165) is 25.7 Å². The molecule has 4 atom stereocenters. The Hall–Kier alpha value is -1.57. The van der Waals surface area contributed by atoms with Gasteiger partial charge in [0.1, 0.15) is 12.0 Å². The normalized spacial score (nSPS) is 39.5. The molecule has 22 heavy (non-hydrogen) atoms. The van der Waals surface area contributed by atoms with Crippen LogP contribution in [0.15, 0.2) is 24.3 Å². The third-order valence-corrected chi connectivity index (χ3v) is 7.11. The first-order valence-corrected chi connectivity index (χ1v) is 8.47. The van der Waals surface area contributed by atoms with Crippen molar-refractivity contribution in [2.24, 2.45) is 22.7 Å². The van der Waals surface area contributed by atoms with Crippen molar-refractivity contribution >= 4 is 11.9 Å². The van der Waals surface area contributed by atoms with E-state index < -0.39 is 0 Å². The highest BCUT2D eigenvalue weighted by Gasteiger charge is 2.58. The number of carbonyl (C=O) groups excluding carboxylic acids is 1. The molecule has 1 aromatic rings. The SMILES string of the molecule is C[C@]1(C=O)CCC2[C@@H]3CCc4cc(O)ccc4C3=CC[C@@]21C. The summed E-state index contributed by atoms with van der Waals surface area (Å²) in [5.41, 5.74) is 4.02. The summed E-state index contributed by atoms with van der Waals surface area (Å²) in [4.78, 5) is 11.7. The predicted molar refractivity (Wildman–Crippen MR) is 87.5 cm³/mol. The highest BCUT2D eigenvalue weighted by atomic mass is 16.3. The molecule has 0 amide bonds. The summed E-state index contributed by atoms with van der Waals surface area (Å²) in [6.07, 6.45) is 9.00. The molecule has 4 rings (SSSR count). The van der Waals surface area contributed by atoms with Gasteiger partial charge in [-0.1, -0.05) is 26.0 Å². The number of allylic oxidation sites excluding steroid dienone is 2. The first-order valence-electron chi connectivity index (χ1n) is 8.47. The van der Waals surface area contributed by atoms with Gasteiger partial charge in [-0.2, -0.15) is 0 Å². The smallest absolute Gasteiger partial charge is 0.126 e. The molecule has 0 aliphatic heterocycles. The molecule has 1 saturated carbocycles. The van der Waals surface area contributed by atoms with Crippen LogP contribution < -0.4 is 0 Å². The highest BCUT2D eigenvalue weighted by molar-refractivity contribution is 5.74. The van der Waals surface area contributed by atoms with Crippen LogP contribution in [0.25, 0.3) is 5.57 Å². The van der Waals surface area contributed by atoms with E-state index in [1.165, 1.54) is 29.4 Å². The van der Waals surface area contributed by atoms with Gasteiger partial charge in [-0.25, -0.2) is 0 Å². The lowest BCUT2D eigenvalue weighted by Gasteiger charge is -2.49. The maximum Gasteiger partial charge on any atom is 0.126 e. The molecule has 3 aliphatic carbocycles. The summed E-state index contributed by atoms with van der Waals surface area (Å²) < 4.78 is 0. The predicted octanol–water partition coefficient (Wildman–Crippen LogP) is 4.36. The largest absolute Gasteiger partial charge is 0.508 e. The Kier molecular flexibility index (Phi) is 2.85. The first-order chi connectivity index (χ1) is 10.5. The van der Waals surface area contributed by atoms with Gasteiger partial charge in [0.15, 0.2) is 0 Å². The van der Waals surface area contributed by atoms with Crippen LogP contribution in [0.4, 0.5) is 0 Å². The molecule has 0 aromatic heterocycles. The van der Waals surface area contributed by atoms with Crippen molar-refractivity contribution in [3.05, 3.63) is 35.4 Å². The quantitative estimate of drug-likeness (QED) is 0.782. The maximum atomic E-state index is 11.7. The number of aldehydes is 1. The number of hydrogen-bond donors (Lipinski definition) is 1. The van der Waals surface area contributed by atoms with Crippen molar-refractivity contribution in [3.63, 3.8) is 0 Å². The van der Waals surface area contributed by atoms with Crippen LogP contribution in [-0.2, 0) is 11.2 Å². The fourth-order valence-electron chi connectivity index (χ4n) is 5.44. The zero-order valence-electron chi connectivity index (χ0n) is 13.4. The second kappa shape index (κ2) is 4.47. The average Bonchev–Trinajstić information content (AvgIpc) is 2.79. The Labute approximate surface area is 132 Å². The van der Waals surface area contributed by atoms with Gasteiger partial charge in [0.05, 0.1) is 0 Å². The van der Waals surface area contributed by atoms with E-state index in [0.29, 0.717) is 17.6 Å². The Morgan fingerprint density at radius 1 is 1.27 bits per heavy atom. The first kappa shape index (κ1) is 14.0. The molecule has 0 bridgehead atoms. The molecule has 116 valence electrons. The molecule has 1 aromatic carbocycles. The summed E-state index contributed by atoms with van der Waals surface area (Å²) in [5.74, 6) is 1.56. The molecule has 0 radical (unpaired) electrons. The average molecular weight is 296 g/mol. The third kappa shape index (κ3) is 1.64. The van der Waals surface area contributed by atoms with Crippen molar-refractivity contribution in [3.8, 4) is 5.75 Å². The fraction of sp³-hybridized carbons (Fsp3) is 0.550. The molecular weight excluding hydrogens is 272 g/mol. The molecule has 1 N–H and O–H groups in total. The Balaban J connectivity index is 1.80. The van der Waals surface area contributed by atoms with Gasteiger partial charge in [0, 0.05) is 5.41 Å². The molecule has 2 heteroatoms. The Morgan fingerprint density at radius 2 is 2.09 bits per heavy atom. The summed E-state index contributed by atoms with van der Waals surface area (Å²) >= 11 is 0. The van der Waals surface area contributed by atoms with Crippen LogP contribution in [0.3, 0.4) is 0 Å². The van der Waals surface area contributed by atoms with E-state index >= 15 is 0 Å². The third-order valence-electron chi connectivity index (χ3n) is 7.11. The van der Waals surface area contributed by atoms with E-state index in [1.807, 2.05) is 6.07 Å². The zero-order chi connectivity index (χ0) is 15.5. The van der Waals surface area contributed by atoms with Crippen molar-refractivity contribution in [1.29, 1.82) is 0 Å². The van der Waals surface area contributed by atoms with Gasteiger partial charge in [-0.15, -0.1) is 0 Å². The summed E-state index contributed by atoms with van der Waals surface area (Å²) in [7, 11) is 0. The van der Waals surface area contributed by atoms with Crippen LogP contribution in [0.1, 0.15) is 50.7 Å². The van der Waals surface area contributed by atoms with Crippen molar-refractivity contribution in [1.82, 2.24) is 0 Å². The Morgan fingerprint density at radius 3 is 2.86 bits per heavy atom. The number of carbonyl (C=O) groups is 1. The number of fused-ring (bicyclic) bond motifs is 5. The van der Waals surface area contributed by atoms with Crippen molar-refractivity contribution in [2.45, 2.75) is 46.0 Å². The lowest BCUT2D eigenvalue weighted by molar-refractivity contribution is -0.121. The van der Waals surface area contributed by atoms with Gasteiger partial charge in [-0.3, -0.25) is 0 Å². The number of phenols is 1. The van der Waals surface area contributed by atoms with E-state index in [4.69, 9.17) is 0 Å². The van der Waals surface area contributed by atoms with Gasteiger partial charge < -0.3 is 9.90 Å². The Bertz CT molecular complexity index is 674. The number of aromatic hydroxyl groups is 1. The monoisotopic (exact) mass is 296 g/mol. The second-order valence-corrected chi connectivity index (χ2v) is 7.95. The minimum absolute atomic E-state index is 0.108. The van der Waals surface area contributed by atoms with Crippen LogP contribution in [0, 0.1) is 22.7 Å². The topological polar surface area (TPSA) is 37.3 Å². The van der Waals surface area contributed by atoms with Gasteiger partial charge >= 0.3 is 0 Å². The van der Waals surface area contributed by atoms with Crippen molar-refractivity contribution in [2.75, 3.05) is 0 Å². The molecule has 3 aliphatic rings. The number of aryl methyl sites for hydroxylation is 1. The van der Waals surface area contributed by atoms with Gasteiger partial charge in [0.2, 0.25) is 0 Å². The molecule has 1 unspecified atom stereocenters. The van der Waals surface area contributed by atoms with E-state index in [-0.39, 0.29) is 10.8 Å². The number of phenolic OH excluding ortho intramolecular Hbond substituents is 1. The van der Waals surface area contributed by atoms with Crippen LogP contribution in [-0.4, -0.2) is 11.4 Å². The van der Waals surface area contributed by atoms with Crippen molar-refractivity contribution < 1.29 is 9.90 Å². The van der Waals surface area contributed by atoms with Gasteiger partial charge in [0.25, 0.3) is 0 Å². The zero-order valence-corrected chi connectivity index (χ0v) is 13.4. The van der Waals surface area contributed by atoms with Crippen LogP contribution in [0.5, 0.6) is 5.75 Å². The summed E-state index contributed by atoms with van der Waals surface area (Å²) in [6, 6.07) is 5.81. The van der Waals surface area contributed by atoms with Crippen LogP contribution in [0.2, 0.25) is 0 Å². The molecule has 0 heterocycles. The van der Waals surface area contributed by atoms with Gasteiger partial charge in [-0.05, 0) is 78.2 Å². The minimum atomic E-state index is -0.172. The number of hydrogen-bond acceptors (Lipinski definition) is 2. The molecule has 1 fully saturated rings. The summed E-state index contributed by atoms with van der Waals surface area (Å²) in [5, 5.41) is 9.72. The van der Waals surface area contributed by atoms with E-state index in [9.17, 15) is 9.90 Å². The molecule has 0 saturated heterocycles. The summed E-state index contributed by atoms with van der Waals surface area (Å²) in [6.45, 7) is 4.49. The highest BCUT2D eigenvalue weighted by Crippen LogP contribution is 2.64. The maximum absolute atomic E-state index is 11.7. The van der Waals surface area contributed by atoms with E-state index in [2.05, 4.69) is 26.0 Å². The second-order valence-electron chi connectivity index (χ2n) is 7.95. The lowest BCUT2D eigenvalue weighted by Crippen LogP contribution is -2.43. The number of rotatable bonds is 1. The molecular formula is C20H24O2. The van der Waals surface area contributed by atoms with Crippen LogP contribution >= 0.6 is 0 Å². The number of benzene rings is 1. The standard InChI is InChI=1S/C20H24O2/c1-19(12-21)9-8-18-17-5-3-13-11-14(22)4-6-15(13)16(17)7-10-20(18,19)2/h4,6-7,11-12,17-18,22H,3,5,8-10H2,1-2H3/t17-,18?,19-,20+/m1/s1. The lowest BCUT2D eigenvalue weighted by atomic mass is 9.55. The molecule has 0 spiro atoms. The minimum Gasteiger partial charge on any atom is -0.508 e. The molecule has 2 nitrogen and oxygen atoms in total. The van der Waals surface area contributed by atoms with E-state index in [1.54, 1.807) is 6.07 Å². The fourth-order valence-corrected chi connectivity index (χ4v) is 5.44.